The van der Waals surface area contributed by atoms with Gasteiger partial charge in [-0.25, -0.2) is 9.97 Å². The van der Waals surface area contributed by atoms with Crippen molar-refractivity contribution in [1.29, 1.82) is 0 Å². The van der Waals surface area contributed by atoms with Crippen molar-refractivity contribution in [3.63, 3.8) is 0 Å². The fourth-order valence-corrected chi connectivity index (χ4v) is 2.09. The Kier molecular flexibility index (Phi) is 3.84. The molecule has 17 heavy (non-hydrogen) atoms. The number of anilines is 1. The van der Waals surface area contributed by atoms with Crippen LogP contribution in [0.3, 0.4) is 0 Å². The molecule has 94 valence electrons. The van der Waals surface area contributed by atoms with Gasteiger partial charge in [0, 0.05) is 30.4 Å². The van der Waals surface area contributed by atoms with Crippen LogP contribution in [0.4, 0.5) is 5.82 Å². The third-order valence-electron chi connectivity index (χ3n) is 3.22. The van der Waals surface area contributed by atoms with E-state index in [1.165, 1.54) is 12.8 Å². The van der Waals surface area contributed by atoms with Crippen molar-refractivity contribution in [2.45, 2.75) is 38.8 Å². The highest BCUT2D eigenvalue weighted by atomic mass is 35.5. The van der Waals surface area contributed by atoms with Crippen molar-refractivity contribution < 1.29 is 0 Å². The average molecular weight is 255 g/mol. The molecule has 1 saturated carbocycles. The number of likely N-dealkylation sites (N-methyl/N-ethyl adjacent to an activating group) is 1. The minimum atomic E-state index is 0.302. The summed E-state index contributed by atoms with van der Waals surface area (Å²) in [7, 11) is 2.18. The molecular formula is C12H19ClN4. The molecule has 1 N–H and O–H groups in total. The van der Waals surface area contributed by atoms with Gasteiger partial charge in [-0.05, 0) is 45.3 Å². The lowest BCUT2D eigenvalue weighted by Gasteiger charge is -2.24. The highest BCUT2D eigenvalue weighted by Gasteiger charge is 2.28. The molecule has 1 aliphatic carbocycles. The van der Waals surface area contributed by atoms with Crippen LogP contribution >= 0.6 is 11.6 Å². The molecular weight excluding hydrogens is 236 g/mol. The Hall–Kier alpha value is -0.870. The molecule has 0 spiro atoms. The van der Waals surface area contributed by atoms with Crippen LogP contribution in [0, 0.1) is 6.92 Å². The standard InChI is InChI=1S/C12H19ClN4/c1-8-6-11(16-12(13)15-8)14-7-9(2)17(3)10-4-5-10/h6,9-10H,4-5,7H2,1-3H3,(H,14,15,16). The van der Waals surface area contributed by atoms with Gasteiger partial charge in [-0.15, -0.1) is 0 Å². The number of aromatic nitrogens is 2. The lowest BCUT2D eigenvalue weighted by atomic mass is 10.3. The molecule has 1 fully saturated rings. The molecule has 0 aliphatic heterocycles. The number of nitrogens with one attached hydrogen (secondary N) is 1. The molecule has 4 nitrogen and oxygen atoms in total. The van der Waals surface area contributed by atoms with Gasteiger partial charge in [-0.2, -0.15) is 0 Å². The van der Waals surface area contributed by atoms with Crippen LogP contribution < -0.4 is 5.32 Å². The summed E-state index contributed by atoms with van der Waals surface area (Å²) >= 11 is 5.82. The maximum atomic E-state index is 5.82. The largest absolute Gasteiger partial charge is 0.368 e. The Labute approximate surface area is 107 Å². The fraction of sp³-hybridized carbons (Fsp3) is 0.667. The zero-order chi connectivity index (χ0) is 12.4. The monoisotopic (exact) mass is 254 g/mol. The highest BCUT2D eigenvalue weighted by Crippen LogP contribution is 2.26. The van der Waals surface area contributed by atoms with Crippen molar-refractivity contribution >= 4 is 17.4 Å². The van der Waals surface area contributed by atoms with Gasteiger partial charge in [0.1, 0.15) is 5.82 Å². The zero-order valence-corrected chi connectivity index (χ0v) is 11.3. The second-order valence-corrected chi connectivity index (χ2v) is 5.13. The van der Waals surface area contributed by atoms with Crippen molar-refractivity contribution in [2.75, 3.05) is 18.9 Å². The second kappa shape index (κ2) is 5.19. The van der Waals surface area contributed by atoms with Crippen LogP contribution in [0.25, 0.3) is 0 Å². The summed E-state index contributed by atoms with van der Waals surface area (Å²) in [5, 5.41) is 3.61. The van der Waals surface area contributed by atoms with E-state index < -0.39 is 0 Å². The van der Waals surface area contributed by atoms with E-state index in [2.05, 4.69) is 34.2 Å². The van der Waals surface area contributed by atoms with Crippen molar-refractivity contribution in [3.8, 4) is 0 Å². The Morgan fingerprint density at radius 1 is 1.53 bits per heavy atom. The Morgan fingerprint density at radius 3 is 2.82 bits per heavy atom. The Balaban J connectivity index is 1.88. The number of aryl methyl sites for hydroxylation is 1. The molecule has 1 aromatic heterocycles. The molecule has 0 amide bonds. The number of rotatable bonds is 5. The van der Waals surface area contributed by atoms with E-state index in [1.54, 1.807) is 0 Å². The molecule has 1 aliphatic rings. The van der Waals surface area contributed by atoms with E-state index >= 15 is 0 Å². The van der Waals surface area contributed by atoms with E-state index in [0.717, 1.165) is 24.1 Å². The van der Waals surface area contributed by atoms with Gasteiger partial charge in [0.25, 0.3) is 0 Å². The third kappa shape index (κ3) is 3.54. The van der Waals surface area contributed by atoms with Gasteiger partial charge in [0.15, 0.2) is 0 Å². The van der Waals surface area contributed by atoms with E-state index in [0.29, 0.717) is 11.3 Å². The summed E-state index contributed by atoms with van der Waals surface area (Å²) in [6.45, 7) is 5.01. The van der Waals surface area contributed by atoms with E-state index in [1.807, 2.05) is 13.0 Å². The van der Waals surface area contributed by atoms with Gasteiger partial charge in [0.05, 0.1) is 0 Å². The maximum Gasteiger partial charge on any atom is 0.224 e. The summed E-state index contributed by atoms with van der Waals surface area (Å²) in [6, 6.07) is 3.19. The summed E-state index contributed by atoms with van der Waals surface area (Å²) in [5.74, 6) is 0.804. The first kappa shape index (κ1) is 12.6. The molecule has 5 heteroatoms. The summed E-state index contributed by atoms with van der Waals surface area (Å²) in [6.07, 6.45) is 2.67. The van der Waals surface area contributed by atoms with Crippen molar-refractivity contribution in [3.05, 3.63) is 17.0 Å². The van der Waals surface area contributed by atoms with Gasteiger partial charge >= 0.3 is 0 Å². The topological polar surface area (TPSA) is 41.0 Å². The predicted octanol–water partition coefficient (Wildman–Crippen LogP) is 2.33. The lowest BCUT2D eigenvalue weighted by Crippen LogP contribution is -2.36. The van der Waals surface area contributed by atoms with Crippen molar-refractivity contribution in [1.82, 2.24) is 14.9 Å². The van der Waals surface area contributed by atoms with E-state index in [9.17, 15) is 0 Å². The first-order chi connectivity index (χ1) is 8.06. The van der Waals surface area contributed by atoms with Crippen LogP contribution in [0.2, 0.25) is 5.28 Å². The summed E-state index contributed by atoms with van der Waals surface area (Å²) in [5.41, 5.74) is 0.885. The minimum absolute atomic E-state index is 0.302. The number of halogens is 1. The van der Waals surface area contributed by atoms with Crippen LogP contribution in [0.15, 0.2) is 6.07 Å². The minimum Gasteiger partial charge on any atom is -0.368 e. The van der Waals surface area contributed by atoms with Gasteiger partial charge in [0.2, 0.25) is 5.28 Å². The molecule has 1 heterocycles. The summed E-state index contributed by atoms with van der Waals surface area (Å²) in [4.78, 5) is 10.6. The predicted molar refractivity (Wildman–Crippen MR) is 70.5 cm³/mol. The fourth-order valence-electron chi connectivity index (χ4n) is 1.86. The first-order valence-corrected chi connectivity index (χ1v) is 6.41. The first-order valence-electron chi connectivity index (χ1n) is 6.03. The Morgan fingerprint density at radius 2 is 2.24 bits per heavy atom. The van der Waals surface area contributed by atoms with Gasteiger partial charge < -0.3 is 5.32 Å². The van der Waals surface area contributed by atoms with E-state index in [4.69, 9.17) is 11.6 Å². The number of hydrogen-bond donors (Lipinski definition) is 1. The second-order valence-electron chi connectivity index (χ2n) is 4.79. The number of hydrogen-bond acceptors (Lipinski definition) is 4. The molecule has 0 radical (unpaired) electrons. The quantitative estimate of drug-likeness (QED) is 0.819. The van der Waals surface area contributed by atoms with Gasteiger partial charge in [-0.3, -0.25) is 4.90 Å². The number of nitrogens with zero attached hydrogens (tertiary/aromatic N) is 3. The zero-order valence-electron chi connectivity index (χ0n) is 10.6. The van der Waals surface area contributed by atoms with Gasteiger partial charge in [-0.1, -0.05) is 0 Å². The molecule has 0 bridgehead atoms. The van der Waals surface area contributed by atoms with Crippen LogP contribution in [-0.4, -0.2) is 40.5 Å². The van der Waals surface area contributed by atoms with Crippen LogP contribution in [0.1, 0.15) is 25.5 Å². The normalized spacial score (nSPS) is 17.2. The maximum absolute atomic E-state index is 5.82. The third-order valence-corrected chi connectivity index (χ3v) is 3.39. The molecule has 1 unspecified atom stereocenters. The molecule has 0 saturated heterocycles. The Bertz CT molecular complexity index is 372. The molecule has 0 aromatic carbocycles. The molecule has 1 atom stereocenters. The lowest BCUT2D eigenvalue weighted by molar-refractivity contribution is 0.257. The summed E-state index contributed by atoms with van der Waals surface area (Å²) < 4.78 is 0. The molecule has 1 aromatic rings. The average Bonchev–Trinajstić information content (AvgIpc) is 3.07. The van der Waals surface area contributed by atoms with E-state index in [-0.39, 0.29) is 0 Å². The molecule has 2 rings (SSSR count). The van der Waals surface area contributed by atoms with Crippen LogP contribution in [-0.2, 0) is 0 Å². The highest BCUT2D eigenvalue weighted by molar-refractivity contribution is 6.28. The van der Waals surface area contributed by atoms with Crippen LogP contribution in [0.5, 0.6) is 0 Å². The SMILES string of the molecule is Cc1cc(NCC(C)N(C)C2CC2)nc(Cl)n1. The van der Waals surface area contributed by atoms with Crippen molar-refractivity contribution in [2.24, 2.45) is 0 Å². The smallest absolute Gasteiger partial charge is 0.224 e.